The first-order valence-corrected chi connectivity index (χ1v) is 5.48. The van der Waals surface area contributed by atoms with Gasteiger partial charge in [0.1, 0.15) is 5.82 Å². The molecule has 0 atom stereocenters. The van der Waals surface area contributed by atoms with E-state index in [0.29, 0.717) is 33.1 Å². The number of rotatable bonds is 1. The SMILES string of the molecule is Cc1c(N)cc(F)c(-c2cccc(Cl)c2)c1N. The van der Waals surface area contributed by atoms with E-state index < -0.39 is 5.82 Å². The molecular formula is C13H12ClFN2. The second-order valence-electron chi connectivity index (χ2n) is 3.87. The predicted octanol–water partition coefficient (Wildman–Crippen LogP) is 3.62. The zero-order valence-electron chi connectivity index (χ0n) is 9.30. The van der Waals surface area contributed by atoms with Crippen molar-refractivity contribution in [2.24, 2.45) is 0 Å². The molecule has 0 fully saturated rings. The maximum absolute atomic E-state index is 13.9. The average molecular weight is 251 g/mol. The first-order valence-electron chi connectivity index (χ1n) is 5.10. The minimum absolute atomic E-state index is 0.346. The quantitative estimate of drug-likeness (QED) is 0.760. The molecule has 0 aliphatic carbocycles. The third-order valence-electron chi connectivity index (χ3n) is 2.74. The number of benzene rings is 2. The van der Waals surface area contributed by atoms with Crippen molar-refractivity contribution in [1.29, 1.82) is 0 Å². The fraction of sp³-hybridized carbons (Fsp3) is 0.0769. The van der Waals surface area contributed by atoms with E-state index in [0.717, 1.165) is 0 Å². The molecule has 0 spiro atoms. The molecule has 2 nitrogen and oxygen atoms in total. The minimum atomic E-state index is -0.437. The number of halogens is 2. The summed E-state index contributed by atoms with van der Waals surface area (Å²) in [5.74, 6) is -0.437. The number of nitrogens with two attached hydrogens (primary N) is 2. The lowest BCUT2D eigenvalue weighted by Crippen LogP contribution is -2.01. The Morgan fingerprint density at radius 3 is 2.53 bits per heavy atom. The standard InChI is InChI=1S/C13H12ClFN2/c1-7-11(16)6-10(15)12(13(7)17)8-3-2-4-9(14)5-8/h2-6H,16-17H2,1H3. The average Bonchev–Trinajstić information content (AvgIpc) is 2.26. The second-order valence-corrected chi connectivity index (χ2v) is 4.31. The van der Waals surface area contributed by atoms with Crippen LogP contribution in [0.4, 0.5) is 15.8 Å². The molecule has 0 amide bonds. The Morgan fingerprint density at radius 1 is 1.18 bits per heavy atom. The molecule has 0 saturated carbocycles. The van der Waals surface area contributed by atoms with Gasteiger partial charge in [-0.05, 0) is 36.2 Å². The van der Waals surface area contributed by atoms with Crippen LogP contribution in [0, 0.1) is 12.7 Å². The van der Waals surface area contributed by atoms with Gasteiger partial charge in [0.05, 0.1) is 0 Å². The molecule has 88 valence electrons. The summed E-state index contributed by atoms with van der Waals surface area (Å²) in [5, 5.41) is 0.538. The molecule has 0 bridgehead atoms. The Labute approximate surface area is 104 Å². The van der Waals surface area contributed by atoms with Gasteiger partial charge in [0.2, 0.25) is 0 Å². The second kappa shape index (κ2) is 4.26. The molecule has 0 aromatic heterocycles. The van der Waals surface area contributed by atoms with Crippen molar-refractivity contribution in [3.8, 4) is 11.1 Å². The van der Waals surface area contributed by atoms with Crippen molar-refractivity contribution in [2.45, 2.75) is 6.92 Å². The molecule has 0 aliphatic heterocycles. The molecule has 4 heteroatoms. The van der Waals surface area contributed by atoms with Crippen LogP contribution >= 0.6 is 11.6 Å². The maximum Gasteiger partial charge on any atom is 0.135 e. The van der Waals surface area contributed by atoms with Gasteiger partial charge in [-0.25, -0.2) is 4.39 Å². The molecule has 17 heavy (non-hydrogen) atoms. The first kappa shape index (κ1) is 11.7. The molecule has 0 aliphatic rings. The third kappa shape index (κ3) is 2.06. The zero-order chi connectivity index (χ0) is 12.6. The lowest BCUT2D eigenvalue weighted by Gasteiger charge is -2.12. The summed E-state index contributed by atoms with van der Waals surface area (Å²) in [4.78, 5) is 0. The minimum Gasteiger partial charge on any atom is -0.398 e. The highest BCUT2D eigenvalue weighted by Gasteiger charge is 2.14. The van der Waals surface area contributed by atoms with E-state index in [1.807, 2.05) is 0 Å². The summed E-state index contributed by atoms with van der Waals surface area (Å²) in [6.07, 6.45) is 0. The summed E-state index contributed by atoms with van der Waals surface area (Å²) in [6, 6.07) is 8.19. The van der Waals surface area contributed by atoms with Crippen molar-refractivity contribution < 1.29 is 4.39 Å². The van der Waals surface area contributed by atoms with Gasteiger partial charge >= 0.3 is 0 Å². The zero-order valence-corrected chi connectivity index (χ0v) is 10.1. The molecule has 2 rings (SSSR count). The van der Waals surface area contributed by atoms with Gasteiger partial charge in [0.15, 0.2) is 0 Å². The molecule has 0 radical (unpaired) electrons. The smallest absolute Gasteiger partial charge is 0.135 e. The Hall–Kier alpha value is -1.74. The largest absolute Gasteiger partial charge is 0.398 e. The number of hydrogen-bond acceptors (Lipinski definition) is 2. The van der Waals surface area contributed by atoms with Crippen LogP contribution in [0.3, 0.4) is 0 Å². The molecule has 0 unspecified atom stereocenters. The van der Waals surface area contributed by atoms with Gasteiger partial charge in [-0.15, -0.1) is 0 Å². The lowest BCUT2D eigenvalue weighted by atomic mass is 9.99. The predicted molar refractivity (Wildman–Crippen MR) is 70.4 cm³/mol. The van der Waals surface area contributed by atoms with E-state index in [2.05, 4.69) is 0 Å². The summed E-state index contributed by atoms with van der Waals surface area (Å²) >= 11 is 5.88. The van der Waals surface area contributed by atoms with Crippen LogP contribution < -0.4 is 11.5 Å². The van der Waals surface area contributed by atoms with Crippen molar-refractivity contribution >= 4 is 23.0 Å². The van der Waals surface area contributed by atoms with E-state index in [1.54, 1.807) is 31.2 Å². The Kier molecular flexibility index (Phi) is 2.94. The normalized spacial score (nSPS) is 10.5. The summed E-state index contributed by atoms with van der Waals surface area (Å²) in [7, 11) is 0. The number of nitrogen functional groups attached to an aromatic ring is 2. The molecule has 0 heterocycles. The van der Waals surface area contributed by atoms with E-state index >= 15 is 0 Å². The van der Waals surface area contributed by atoms with Gasteiger partial charge in [0, 0.05) is 22.0 Å². The molecule has 2 aromatic carbocycles. The fourth-order valence-electron chi connectivity index (χ4n) is 1.73. The molecule has 0 saturated heterocycles. The van der Waals surface area contributed by atoms with Crippen molar-refractivity contribution in [3.05, 3.63) is 46.7 Å². The van der Waals surface area contributed by atoms with Crippen LogP contribution in [0.25, 0.3) is 11.1 Å². The van der Waals surface area contributed by atoms with Crippen molar-refractivity contribution in [1.82, 2.24) is 0 Å². The lowest BCUT2D eigenvalue weighted by molar-refractivity contribution is 0.632. The van der Waals surface area contributed by atoms with Gasteiger partial charge in [-0.2, -0.15) is 0 Å². The highest BCUT2D eigenvalue weighted by atomic mass is 35.5. The van der Waals surface area contributed by atoms with Crippen molar-refractivity contribution in [3.63, 3.8) is 0 Å². The molecule has 2 aromatic rings. The van der Waals surface area contributed by atoms with E-state index in [-0.39, 0.29) is 0 Å². The van der Waals surface area contributed by atoms with E-state index in [9.17, 15) is 4.39 Å². The Balaban J connectivity index is 2.72. The fourth-order valence-corrected chi connectivity index (χ4v) is 1.92. The number of hydrogen-bond donors (Lipinski definition) is 2. The Bertz CT molecular complexity index is 582. The highest BCUT2D eigenvalue weighted by Crippen LogP contribution is 2.35. The number of anilines is 2. The van der Waals surface area contributed by atoms with Crippen LogP contribution in [0.1, 0.15) is 5.56 Å². The van der Waals surface area contributed by atoms with Crippen LogP contribution in [0.15, 0.2) is 30.3 Å². The topological polar surface area (TPSA) is 52.0 Å². The summed E-state index contributed by atoms with van der Waals surface area (Å²) in [5.41, 5.74) is 13.9. The van der Waals surface area contributed by atoms with E-state index in [1.165, 1.54) is 6.07 Å². The van der Waals surface area contributed by atoms with Crippen LogP contribution in [-0.4, -0.2) is 0 Å². The summed E-state index contributed by atoms with van der Waals surface area (Å²) in [6.45, 7) is 1.76. The maximum atomic E-state index is 13.9. The van der Waals surface area contributed by atoms with Gasteiger partial charge in [-0.3, -0.25) is 0 Å². The first-order chi connectivity index (χ1) is 8.00. The van der Waals surface area contributed by atoms with Gasteiger partial charge in [0.25, 0.3) is 0 Å². The third-order valence-corrected chi connectivity index (χ3v) is 2.98. The van der Waals surface area contributed by atoms with E-state index in [4.69, 9.17) is 23.1 Å². The summed E-state index contributed by atoms with van der Waals surface area (Å²) < 4.78 is 13.9. The van der Waals surface area contributed by atoms with Crippen molar-refractivity contribution in [2.75, 3.05) is 11.5 Å². The Morgan fingerprint density at radius 2 is 1.88 bits per heavy atom. The van der Waals surface area contributed by atoms with Crippen LogP contribution in [-0.2, 0) is 0 Å². The molecular weight excluding hydrogens is 239 g/mol. The van der Waals surface area contributed by atoms with Crippen LogP contribution in [0.2, 0.25) is 5.02 Å². The monoisotopic (exact) mass is 250 g/mol. The van der Waals surface area contributed by atoms with Crippen LogP contribution in [0.5, 0.6) is 0 Å². The highest BCUT2D eigenvalue weighted by molar-refractivity contribution is 6.30. The van der Waals surface area contributed by atoms with Gasteiger partial charge < -0.3 is 11.5 Å². The molecule has 4 N–H and O–H groups in total. The van der Waals surface area contributed by atoms with Gasteiger partial charge in [-0.1, -0.05) is 23.7 Å².